The molecule has 0 saturated heterocycles. The molecule has 0 aromatic heterocycles. The molecule has 0 amide bonds. The molecule has 0 radical (unpaired) electrons. The molecule has 0 aliphatic heterocycles. The summed E-state index contributed by atoms with van der Waals surface area (Å²) in [5.41, 5.74) is -0.201. The lowest BCUT2D eigenvalue weighted by molar-refractivity contribution is 0.0982. The van der Waals surface area contributed by atoms with Crippen molar-refractivity contribution in [1.29, 1.82) is 0 Å². The van der Waals surface area contributed by atoms with Crippen LogP contribution in [0.15, 0.2) is 30.2 Å². The van der Waals surface area contributed by atoms with Gasteiger partial charge in [-0.25, -0.2) is 0 Å². The van der Waals surface area contributed by atoms with Crippen LogP contribution >= 0.6 is 0 Å². The summed E-state index contributed by atoms with van der Waals surface area (Å²) in [6.45, 7) is 1.80. The van der Waals surface area contributed by atoms with Gasteiger partial charge in [0.25, 0.3) is 0 Å². The zero-order chi connectivity index (χ0) is 12.5. The highest BCUT2D eigenvalue weighted by molar-refractivity contribution is 5.95. The number of carbonyl (C=O) groups is 1. The molecule has 11 heavy (non-hydrogen) atoms. The van der Waals surface area contributed by atoms with E-state index >= 15 is 0 Å². The fraction of sp³-hybridized carbons (Fsp3) is 0.300. The Hall–Kier alpha value is -1.11. The van der Waals surface area contributed by atoms with Crippen molar-refractivity contribution in [2.45, 2.75) is 19.8 Å². The average molecular weight is 153 g/mol. The maximum Gasteiger partial charge on any atom is 0.162 e. The Balaban J connectivity index is 3.45. The first-order chi connectivity index (χ1) is 7.41. The van der Waals surface area contributed by atoms with Crippen molar-refractivity contribution < 1.29 is 11.6 Å². The summed E-state index contributed by atoms with van der Waals surface area (Å²) in [5.74, 6) is -0.403. The van der Waals surface area contributed by atoms with Crippen LogP contribution in [0.4, 0.5) is 0 Å². The van der Waals surface area contributed by atoms with E-state index < -0.39 is 36.0 Å². The summed E-state index contributed by atoms with van der Waals surface area (Å²) < 4.78 is 37.3. The van der Waals surface area contributed by atoms with E-state index in [4.69, 9.17) is 6.85 Å². The quantitative estimate of drug-likeness (QED) is 0.610. The van der Waals surface area contributed by atoms with Gasteiger partial charge in [0.2, 0.25) is 0 Å². The highest BCUT2D eigenvalue weighted by Gasteiger charge is 2.01. The third-order valence-corrected chi connectivity index (χ3v) is 1.26. The van der Waals surface area contributed by atoms with Crippen molar-refractivity contribution >= 4 is 5.78 Å². The minimum atomic E-state index is -0.469. The highest BCUT2D eigenvalue weighted by Crippen LogP contribution is 2.03. The standard InChI is InChI=1S/C10H12O/c1-2-6-10(11)9-7-4-3-5-8-9/h3-5,7-8H,2,6H2,1H3/i3D,4D,5D,7D,8D. The van der Waals surface area contributed by atoms with Crippen LogP contribution in [-0.2, 0) is 0 Å². The Morgan fingerprint density at radius 3 is 2.64 bits per heavy atom. The highest BCUT2D eigenvalue weighted by atomic mass is 16.1. The molecule has 1 aromatic carbocycles. The normalized spacial score (nSPS) is 15.9. The largest absolute Gasteiger partial charge is 0.294 e. The number of hydrogen-bond acceptors (Lipinski definition) is 1. The van der Waals surface area contributed by atoms with Crippen LogP contribution in [0.25, 0.3) is 0 Å². The van der Waals surface area contributed by atoms with Gasteiger partial charge < -0.3 is 0 Å². The number of benzene rings is 1. The molecule has 0 aliphatic rings. The molecular weight excluding hydrogens is 136 g/mol. The second-order valence-corrected chi connectivity index (χ2v) is 2.17. The van der Waals surface area contributed by atoms with Gasteiger partial charge in [-0.2, -0.15) is 0 Å². The van der Waals surface area contributed by atoms with Gasteiger partial charge >= 0.3 is 0 Å². The predicted molar refractivity (Wildman–Crippen MR) is 45.7 cm³/mol. The molecule has 1 nitrogen and oxygen atoms in total. The van der Waals surface area contributed by atoms with Gasteiger partial charge in [-0.15, -0.1) is 0 Å². The summed E-state index contributed by atoms with van der Waals surface area (Å²) in [6, 6.07) is -2.21. The first-order valence-electron chi connectivity index (χ1n) is 6.01. The Labute approximate surface area is 74.1 Å². The monoisotopic (exact) mass is 153 g/mol. The number of carbonyl (C=O) groups excluding carboxylic acids is 1. The van der Waals surface area contributed by atoms with Gasteiger partial charge in [-0.05, 0) is 6.42 Å². The Bertz CT molecular complexity index is 412. The fourth-order valence-corrected chi connectivity index (χ4v) is 0.741. The zero-order valence-corrected chi connectivity index (χ0v) is 6.32. The molecule has 0 aliphatic carbocycles. The summed E-state index contributed by atoms with van der Waals surface area (Å²) in [4.78, 5) is 11.6. The van der Waals surface area contributed by atoms with Crippen molar-refractivity contribution in [3.8, 4) is 0 Å². The number of Topliss-reactive ketones (excluding diaryl/α,β-unsaturated/α-hetero) is 1. The molecule has 0 saturated carbocycles. The van der Waals surface area contributed by atoms with E-state index in [0.717, 1.165) is 0 Å². The van der Waals surface area contributed by atoms with E-state index in [9.17, 15) is 4.79 Å². The van der Waals surface area contributed by atoms with E-state index in [-0.39, 0.29) is 12.0 Å². The van der Waals surface area contributed by atoms with Crippen LogP contribution < -0.4 is 0 Å². The predicted octanol–water partition coefficient (Wildman–Crippen LogP) is 2.67. The molecule has 58 valence electrons. The maximum absolute atomic E-state index is 11.6. The van der Waals surface area contributed by atoms with Gasteiger partial charge in [0, 0.05) is 12.0 Å². The molecule has 0 heterocycles. The van der Waals surface area contributed by atoms with Crippen LogP contribution in [0.1, 0.15) is 37.0 Å². The summed E-state index contributed by atoms with van der Waals surface area (Å²) in [6.07, 6.45) is 0.773. The third-order valence-electron chi connectivity index (χ3n) is 1.26. The average Bonchev–Trinajstić information content (AvgIpc) is 2.24. The second-order valence-electron chi connectivity index (χ2n) is 2.17. The third kappa shape index (κ3) is 2.19. The van der Waals surface area contributed by atoms with Crippen LogP contribution in [0, 0.1) is 0 Å². The van der Waals surface area contributed by atoms with Crippen molar-refractivity contribution in [3.05, 3.63) is 35.8 Å². The van der Waals surface area contributed by atoms with Crippen molar-refractivity contribution in [2.24, 2.45) is 0 Å². The molecule has 1 heteroatoms. The zero-order valence-electron chi connectivity index (χ0n) is 11.3. The molecule has 0 unspecified atom stereocenters. The first kappa shape index (κ1) is 3.53. The lowest BCUT2D eigenvalue weighted by atomic mass is 10.1. The summed E-state index contributed by atoms with van der Waals surface area (Å²) >= 11 is 0. The Kier molecular flexibility index (Phi) is 1.25. The Morgan fingerprint density at radius 1 is 1.45 bits per heavy atom. The van der Waals surface area contributed by atoms with E-state index in [1.165, 1.54) is 0 Å². The molecule has 0 spiro atoms. The molecule has 1 rings (SSSR count). The minimum Gasteiger partial charge on any atom is -0.294 e. The molecular formula is C10H12O. The molecule has 0 atom stereocenters. The van der Waals surface area contributed by atoms with E-state index in [0.29, 0.717) is 6.42 Å². The molecule has 0 bridgehead atoms. The van der Waals surface area contributed by atoms with Crippen LogP contribution in [0.3, 0.4) is 0 Å². The SMILES string of the molecule is [2H]c1c([2H])c([2H])c(C(=O)CCC)c([2H])c1[2H]. The van der Waals surface area contributed by atoms with Gasteiger partial charge in [0.05, 0.1) is 6.85 Å². The lowest BCUT2D eigenvalue weighted by Gasteiger charge is -1.96. The first-order valence-corrected chi connectivity index (χ1v) is 3.51. The van der Waals surface area contributed by atoms with E-state index in [1.807, 2.05) is 0 Å². The van der Waals surface area contributed by atoms with Crippen molar-refractivity contribution in [2.75, 3.05) is 0 Å². The smallest absolute Gasteiger partial charge is 0.162 e. The summed E-state index contributed by atoms with van der Waals surface area (Å²) in [7, 11) is 0. The van der Waals surface area contributed by atoms with Crippen LogP contribution in [0.5, 0.6) is 0 Å². The molecule has 0 fully saturated rings. The number of rotatable bonds is 3. The number of hydrogen-bond donors (Lipinski definition) is 0. The van der Waals surface area contributed by atoms with Gasteiger partial charge in [-0.3, -0.25) is 4.79 Å². The van der Waals surface area contributed by atoms with Crippen LogP contribution in [-0.4, -0.2) is 5.78 Å². The minimum absolute atomic E-state index is 0.188. The topological polar surface area (TPSA) is 17.1 Å². The molecule has 0 N–H and O–H groups in total. The molecule has 1 aromatic rings. The summed E-state index contributed by atoms with van der Waals surface area (Å²) in [5, 5.41) is 0. The van der Waals surface area contributed by atoms with Crippen LogP contribution in [0.2, 0.25) is 0 Å². The Morgan fingerprint density at radius 2 is 2.09 bits per heavy atom. The maximum atomic E-state index is 11.6. The second kappa shape index (κ2) is 3.91. The number of ketones is 1. The van der Waals surface area contributed by atoms with Gasteiger partial charge in [-0.1, -0.05) is 37.1 Å². The van der Waals surface area contributed by atoms with Crippen molar-refractivity contribution in [3.63, 3.8) is 0 Å². The van der Waals surface area contributed by atoms with E-state index in [2.05, 4.69) is 0 Å². The lowest BCUT2D eigenvalue weighted by Crippen LogP contribution is -1.96. The fourth-order valence-electron chi connectivity index (χ4n) is 0.741. The van der Waals surface area contributed by atoms with Gasteiger partial charge in [0.15, 0.2) is 5.78 Å². The van der Waals surface area contributed by atoms with Crippen molar-refractivity contribution in [1.82, 2.24) is 0 Å². The van der Waals surface area contributed by atoms with Gasteiger partial charge in [0.1, 0.15) is 0 Å². The van der Waals surface area contributed by atoms with E-state index in [1.54, 1.807) is 6.92 Å².